The lowest BCUT2D eigenvalue weighted by Gasteiger charge is -2.16. The topological polar surface area (TPSA) is 69.0 Å². The molecule has 0 fully saturated rings. The van der Waals surface area contributed by atoms with Gasteiger partial charge in [0, 0.05) is 40.4 Å². The van der Waals surface area contributed by atoms with Crippen molar-refractivity contribution >= 4 is 32.7 Å². The molecule has 0 saturated heterocycles. The second-order valence-corrected chi connectivity index (χ2v) is 6.01. The molecule has 6 heteroatoms. The molecular weight excluding hydrogens is 346 g/mol. The van der Waals surface area contributed by atoms with Gasteiger partial charge in [-0.3, -0.25) is 9.59 Å². The van der Waals surface area contributed by atoms with E-state index in [4.69, 9.17) is 0 Å². The number of H-pyrrole nitrogens is 2. The first-order valence-corrected chi connectivity index (χ1v) is 7.54. The van der Waals surface area contributed by atoms with Crippen LogP contribution in [-0.2, 0) is 6.54 Å². The molecule has 0 aliphatic carbocycles. The SMILES string of the molecule is CN(Cc1ccc[nH]1)C(=O)c1cc(=O)c2cc(Br)ccc2[nH]1. The Balaban J connectivity index is 1.94. The highest BCUT2D eigenvalue weighted by Gasteiger charge is 2.15. The Kier molecular flexibility index (Phi) is 3.85. The van der Waals surface area contributed by atoms with Gasteiger partial charge in [-0.05, 0) is 30.3 Å². The molecule has 0 atom stereocenters. The largest absolute Gasteiger partial charge is 0.364 e. The molecule has 0 bridgehead atoms. The molecule has 3 aromatic rings. The van der Waals surface area contributed by atoms with Crippen LogP contribution in [0.2, 0.25) is 0 Å². The molecule has 0 radical (unpaired) electrons. The van der Waals surface area contributed by atoms with Gasteiger partial charge in [-0.25, -0.2) is 0 Å². The Hall–Kier alpha value is -2.34. The van der Waals surface area contributed by atoms with Crippen LogP contribution in [0.5, 0.6) is 0 Å². The molecule has 0 unspecified atom stereocenters. The number of amides is 1. The smallest absolute Gasteiger partial charge is 0.270 e. The number of halogens is 1. The average Bonchev–Trinajstić information content (AvgIpc) is 3.00. The van der Waals surface area contributed by atoms with Crippen molar-refractivity contribution < 1.29 is 4.79 Å². The summed E-state index contributed by atoms with van der Waals surface area (Å²) >= 11 is 3.34. The summed E-state index contributed by atoms with van der Waals surface area (Å²) in [6.07, 6.45) is 1.81. The number of hydrogen-bond acceptors (Lipinski definition) is 2. The fourth-order valence-corrected chi connectivity index (χ4v) is 2.69. The van der Waals surface area contributed by atoms with Gasteiger partial charge in [0.05, 0.1) is 6.54 Å². The van der Waals surface area contributed by atoms with E-state index in [-0.39, 0.29) is 17.0 Å². The van der Waals surface area contributed by atoms with Crippen LogP contribution in [-0.4, -0.2) is 27.8 Å². The van der Waals surface area contributed by atoms with Gasteiger partial charge in [0.1, 0.15) is 5.69 Å². The fraction of sp³-hybridized carbons (Fsp3) is 0.125. The van der Waals surface area contributed by atoms with Crippen LogP contribution in [0.4, 0.5) is 0 Å². The van der Waals surface area contributed by atoms with Gasteiger partial charge in [-0.2, -0.15) is 0 Å². The summed E-state index contributed by atoms with van der Waals surface area (Å²) in [6, 6.07) is 10.5. The number of fused-ring (bicyclic) bond motifs is 1. The summed E-state index contributed by atoms with van der Waals surface area (Å²) in [7, 11) is 1.70. The fourth-order valence-electron chi connectivity index (χ4n) is 2.33. The number of rotatable bonds is 3. The molecule has 3 rings (SSSR count). The van der Waals surface area contributed by atoms with E-state index in [9.17, 15) is 9.59 Å². The molecule has 0 aliphatic rings. The molecule has 5 nitrogen and oxygen atoms in total. The van der Waals surface area contributed by atoms with Crippen LogP contribution in [0.3, 0.4) is 0 Å². The lowest BCUT2D eigenvalue weighted by molar-refractivity contribution is 0.0778. The van der Waals surface area contributed by atoms with Crippen molar-refractivity contribution in [1.29, 1.82) is 0 Å². The Bertz CT molecular complexity index is 884. The predicted octanol–water partition coefficient (Wildman–Crippen LogP) is 2.89. The molecule has 2 heterocycles. The van der Waals surface area contributed by atoms with E-state index in [1.165, 1.54) is 6.07 Å². The lowest BCUT2D eigenvalue weighted by atomic mass is 10.2. The zero-order chi connectivity index (χ0) is 15.7. The van der Waals surface area contributed by atoms with E-state index in [2.05, 4.69) is 25.9 Å². The summed E-state index contributed by atoms with van der Waals surface area (Å²) in [5.41, 5.74) is 1.69. The van der Waals surface area contributed by atoms with Crippen molar-refractivity contribution in [3.05, 3.63) is 68.7 Å². The quantitative estimate of drug-likeness (QED) is 0.754. The normalized spacial score (nSPS) is 10.8. The standard InChI is InChI=1S/C16H14BrN3O2/c1-20(9-11-3-2-6-18-11)16(22)14-8-15(21)12-7-10(17)4-5-13(12)19-14/h2-8,18H,9H2,1H3,(H,19,21). The van der Waals surface area contributed by atoms with Gasteiger partial charge in [-0.1, -0.05) is 15.9 Å². The van der Waals surface area contributed by atoms with Gasteiger partial charge in [0.2, 0.25) is 0 Å². The van der Waals surface area contributed by atoms with Crippen LogP contribution in [0.1, 0.15) is 16.2 Å². The molecule has 2 N–H and O–H groups in total. The maximum atomic E-state index is 12.5. The van der Waals surface area contributed by atoms with Gasteiger partial charge < -0.3 is 14.9 Å². The first kappa shape index (κ1) is 14.6. The minimum absolute atomic E-state index is 0.174. The van der Waals surface area contributed by atoms with Crippen molar-refractivity contribution in [3.63, 3.8) is 0 Å². The average molecular weight is 360 g/mol. The number of carbonyl (C=O) groups is 1. The number of nitrogens with zero attached hydrogens (tertiary/aromatic N) is 1. The van der Waals surface area contributed by atoms with Gasteiger partial charge >= 0.3 is 0 Å². The predicted molar refractivity (Wildman–Crippen MR) is 88.9 cm³/mol. The maximum absolute atomic E-state index is 12.5. The van der Waals surface area contributed by atoms with Crippen molar-refractivity contribution in [2.24, 2.45) is 0 Å². The number of aromatic nitrogens is 2. The van der Waals surface area contributed by atoms with E-state index in [0.717, 1.165) is 10.2 Å². The lowest BCUT2D eigenvalue weighted by Crippen LogP contribution is -2.28. The molecule has 0 spiro atoms. The molecule has 0 saturated carbocycles. The third-order valence-corrected chi connectivity index (χ3v) is 3.93. The van der Waals surface area contributed by atoms with Crippen LogP contribution in [0.25, 0.3) is 10.9 Å². The summed E-state index contributed by atoms with van der Waals surface area (Å²) in [5.74, 6) is -0.225. The Morgan fingerprint density at radius 3 is 2.82 bits per heavy atom. The summed E-state index contributed by atoms with van der Waals surface area (Å²) in [6.45, 7) is 0.451. The van der Waals surface area contributed by atoms with E-state index in [1.807, 2.05) is 24.4 Å². The minimum Gasteiger partial charge on any atom is -0.364 e. The van der Waals surface area contributed by atoms with Gasteiger partial charge in [0.25, 0.3) is 5.91 Å². The zero-order valence-corrected chi connectivity index (χ0v) is 13.5. The summed E-state index contributed by atoms with van der Waals surface area (Å²) in [4.78, 5) is 32.3. The highest BCUT2D eigenvalue weighted by atomic mass is 79.9. The number of nitrogens with one attached hydrogen (secondary N) is 2. The number of benzene rings is 1. The molecule has 2 aromatic heterocycles. The van der Waals surface area contributed by atoms with Crippen molar-refractivity contribution in [2.45, 2.75) is 6.54 Å². The maximum Gasteiger partial charge on any atom is 0.270 e. The summed E-state index contributed by atoms with van der Waals surface area (Å²) < 4.78 is 0.827. The van der Waals surface area contributed by atoms with E-state index >= 15 is 0 Å². The highest BCUT2D eigenvalue weighted by molar-refractivity contribution is 9.10. The molecule has 1 amide bonds. The first-order valence-electron chi connectivity index (χ1n) is 6.75. The van der Waals surface area contributed by atoms with E-state index < -0.39 is 0 Å². The van der Waals surface area contributed by atoms with Crippen LogP contribution in [0.15, 0.2) is 51.9 Å². The van der Waals surface area contributed by atoms with Crippen LogP contribution in [0, 0.1) is 0 Å². The number of hydrogen-bond donors (Lipinski definition) is 2. The van der Waals surface area contributed by atoms with E-state index in [0.29, 0.717) is 17.4 Å². The van der Waals surface area contributed by atoms with Gasteiger partial charge in [0.15, 0.2) is 5.43 Å². The van der Waals surface area contributed by atoms with Crippen LogP contribution >= 0.6 is 15.9 Å². The molecule has 0 aliphatic heterocycles. The van der Waals surface area contributed by atoms with E-state index in [1.54, 1.807) is 24.1 Å². The molecular formula is C16H14BrN3O2. The second kappa shape index (κ2) is 5.81. The Morgan fingerprint density at radius 1 is 1.27 bits per heavy atom. The second-order valence-electron chi connectivity index (χ2n) is 5.09. The Labute approximate surface area is 135 Å². The minimum atomic E-state index is -0.225. The monoisotopic (exact) mass is 359 g/mol. The third-order valence-electron chi connectivity index (χ3n) is 3.44. The number of aromatic amines is 2. The van der Waals surface area contributed by atoms with Gasteiger partial charge in [-0.15, -0.1) is 0 Å². The van der Waals surface area contributed by atoms with Crippen molar-refractivity contribution in [1.82, 2.24) is 14.9 Å². The van der Waals surface area contributed by atoms with Crippen LogP contribution < -0.4 is 5.43 Å². The number of carbonyl (C=O) groups excluding carboxylic acids is 1. The molecule has 22 heavy (non-hydrogen) atoms. The van der Waals surface area contributed by atoms with Crippen molar-refractivity contribution in [2.75, 3.05) is 7.05 Å². The Morgan fingerprint density at radius 2 is 2.09 bits per heavy atom. The highest BCUT2D eigenvalue weighted by Crippen LogP contribution is 2.16. The third kappa shape index (κ3) is 2.82. The molecule has 1 aromatic carbocycles. The van der Waals surface area contributed by atoms with Crippen molar-refractivity contribution in [3.8, 4) is 0 Å². The molecule has 112 valence electrons. The first-order chi connectivity index (χ1) is 10.5. The summed E-state index contributed by atoms with van der Waals surface area (Å²) in [5, 5.41) is 0.554. The zero-order valence-electron chi connectivity index (χ0n) is 11.9. The number of pyridine rings is 1.